The third kappa shape index (κ3) is 3.80. The van der Waals surface area contributed by atoms with Crippen molar-refractivity contribution in [2.45, 2.75) is 36.6 Å². The van der Waals surface area contributed by atoms with Crippen LogP contribution in [0.15, 0.2) is 16.3 Å². The first-order valence-electron chi connectivity index (χ1n) is 6.43. The first kappa shape index (κ1) is 15.9. The molecule has 2 rings (SSSR count). The van der Waals surface area contributed by atoms with E-state index in [4.69, 9.17) is 10.8 Å². The molecular weight excluding hydrogens is 316 g/mol. The smallest absolute Gasteiger partial charge is 0.345 e. The van der Waals surface area contributed by atoms with E-state index in [1.165, 1.54) is 5.38 Å². The lowest BCUT2D eigenvalue weighted by atomic mass is 9.86. The normalized spacial score (nSPS) is 22.9. The zero-order valence-corrected chi connectivity index (χ0v) is 12.7. The van der Waals surface area contributed by atoms with Crippen molar-refractivity contribution in [1.82, 2.24) is 4.72 Å². The number of primary amides is 1. The van der Waals surface area contributed by atoms with Crippen LogP contribution in [-0.2, 0) is 14.8 Å². The van der Waals surface area contributed by atoms with Crippen LogP contribution < -0.4 is 10.5 Å². The highest BCUT2D eigenvalue weighted by molar-refractivity contribution is 7.89. The highest BCUT2D eigenvalue weighted by Gasteiger charge is 2.28. The summed E-state index contributed by atoms with van der Waals surface area (Å²) in [6.07, 6.45) is 2.21. The predicted molar refractivity (Wildman–Crippen MR) is 76.5 cm³/mol. The van der Waals surface area contributed by atoms with Crippen LogP contribution in [0.2, 0.25) is 0 Å². The standard InChI is InChI=1S/C12H16N2O5S2/c13-11(15)7-1-3-8(4-2-7)14-21(18,19)9-5-10(12(16)17)20-6-9/h5-8,14H,1-4H2,(H2,13,15)(H,16,17). The summed E-state index contributed by atoms with van der Waals surface area (Å²) in [6, 6.07) is 0.892. The van der Waals surface area contributed by atoms with E-state index in [2.05, 4.69) is 4.72 Å². The number of hydrogen-bond acceptors (Lipinski definition) is 5. The van der Waals surface area contributed by atoms with Gasteiger partial charge in [0.15, 0.2) is 0 Å². The van der Waals surface area contributed by atoms with Gasteiger partial charge in [-0.05, 0) is 31.7 Å². The number of carboxylic acids is 1. The molecule has 0 radical (unpaired) electrons. The second-order valence-corrected chi connectivity index (χ2v) is 7.65. The van der Waals surface area contributed by atoms with Crippen LogP contribution >= 0.6 is 11.3 Å². The summed E-state index contributed by atoms with van der Waals surface area (Å²) in [6.45, 7) is 0. The van der Waals surface area contributed by atoms with E-state index in [1.54, 1.807) is 0 Å². The maximum absolute atomic E-state index is 12.2. The molecule has 116 valence electrons. The Balaban J connectivity index is 2.01. The molecule has 1 heterocycles. The Kier molecular flexibility index (Phi) is 4.64. The van der Waals surface area contributed by atoms with Gasteiger partial charge in [0.05, 0.1) is 4.90 Å². The zero-order chi connectivity index (χ0) is 15.6. The van der Waals surface area contributed by atoms with Crippen molar-refractivity contribution in [2.75, 3.05) is 0 Å². The Morgan fingerprint density at radius 1 is 1.29 bits per heavy atom. The topological polar surface area (TPSA) is 127 Å². The van der Waals surface area contributed by atoms with Crippen LogP contribution in [-0.4, -0.2) is 31.4 Å². The van der Waals surface area contributed by atoms with Gasteiger partial charge < -0.3 is 10.8 Å². The summed E-state index contributed by atoms with van der Waals surface area (Å²) in [5, 5.41) is 10.1. The van der Waals surface area contributed by atoms with E-state index in [0.717, 1.165) is 17.4 Å². The van der Waals surface area contributed by atoms with Crippen molar-refractivity contribution in [3.05, 3.63) is 16.3 Å². The summed E-state index contributed by atoms with van der Waals surface area (Å²) < 4.78 is 26.9. The van der Waals surface area contributed by atoms with Gasteiger partial charge in [0.1, 0.15) is 4.88 Å². The Morgan fingerprint density at radius 3 is 2.38 bits per heavy atom. The molecule has 0 atom stereocenters. The van der Waals surface area contributed by atoms with Crippen LogP contribution in [0.4, 0.5) is 0 Å². The summed E-state index contributed by atoms with van der Waals surface area (Å²) in [5.41, 5.74) is 5.23. The van der Waals surface area contributed by atoms with E-state index < -0.39 is 16.0 Å². The summed E-state index contributed by atoms with van der Waals surface area (Å²) in [7, 11) is -3.73. The Bertz CT molecular complexity index is 644. The average Bonchev–Trinajstić information content (AvgIpc) is 2.89. The molecule has 9 heteroatoms. The van der Waals surface area contributed by atoms with E-state index in [0.29, 0.717) is 25.7 Å². The lowest BCUT2D eigenvalue weighted by molar-refractivity contribution is -0.122. The summed E-state index contributed by atoms with van der Waals surface area (Å²) >= 11 is 0.871. The monoisotopic (exact) mass is 332 g/mol. The highest BCUT2D eigenvalue weighted by Crippen LogP contribution is 2.26. The number of thiophene rings is 1. The Hall–Kier alpha value is -1.45. The van der Waals surface area contributed by atoms with Gasteiger partial charge in [-0.2, -0.15) is 0 Å². The maximum Gasteiger partial charge on any atom is 0.345 e. The van der Waals surface area contributed by atoms with Crippen LogP contribution in [0, 0.1) is 5.92 Å². The number of hydrogen-bond donors (Lipinski definition) is 3. The van der Waals surface area contributed by atoms with Crippen LogP contribution in [0.3, 0.4) is 0 Å². The van der Waals surface area contributed by atoms with Gasteiger partial charge in [-0.1, -0.05) is 0 Å². The van der Waals surface area contributed by atoms with E-state index >= 15 is 0 Å². The van der Waals surface area contributed by atoms with Crippen LogP contribution in [0.1, 0.15) is 35.4 Å². The number of carbonyl (C=O) groups excluding carboxylic acids is 1. The van der Waals surface area contributed by atoms with E-state index in [9.17, 15) is 18.0 Å². The molecule has 0 unspecified atom stereocenters. The highest BCUT2D eigenvalue weighted by atomic mass is 32.2. The van der Waals surface area contributed by atoms with Crippen molar-refractivity contribution < 1.29 is 23.1 Å². The molecule has 1 aromatic rings. The lowest BCUT2D eigenvalue weighted by Gasteiger charge is -2.26. The van der Waals surface area contributed by atoms with Gasteiger partial charge in [-0.3, -0.25) is 4.79 Å². The molecule has 0 aromatic carbocycles. The van der Waals surface area contributed by atoms with Gasteiger partial charge in [0.25, 0.3) is 0 Å². The number of nitrogens with one attached hydrogen (secondary N) is 1. The van der Waals surface area contributed by atoms with Gasteiger partial charge in [-0.15, -0.1) is 11.3 Å². The maximum atomic E-state index is 12.2. The molecule has 1 aliphatic rings. The first-order valence-corrected chi connectivity index (χ1v) is 8.79. The number of rotatable bonds is 5. The van der Waals surface area contributed by atoms with Crippen molar-refractivity contribution in [2.24, 2.45) is 11.7 Å². The largest absolute Gasteiger partial charge is 0.477 e. The van der Waals surface area contributed by atoms with Crippen molar-refractivity contribution >= 4 is 33.2 Å². The fraction of sp³-hybridized carbons (Fsp3) is 0.500. The number of carbonyl (C=O) groups is 2. The van der Waals surface area contributed by atoms with Gasteiger partial charge in [-0.25, -0.2) is 17.9 Å². The minimum atomic E-state index is -3.73. The molecule has 0 saturated heterocycles. The molecule has 4 N–H and O–H groups in total. The van der Waals surface area contributed by atoms with Gasteiger partial charge in [0, 0.05) is 17.3 Å². The molecular formula is C12H16N2O5S2. The SMILES string of the molecule is NC(=O)C1CCC(NS(=O)(=O)c2csc(C(=O)O)c2)CC1. The van der Waals surface area contributed by atoms with E-state index in [1.807, 2.05) is 0 Å². The number of amides is 1. The molecule has 0 bridgehead atoms. The Morgan fingerprint density at radius 2 is 1.90 bits per heavy atom. The summed E-state index contributed by atoms with van der Waals surface area (Å²) in [4.78, 5) is 21.8. The minimum Gasteiger partial charge on any atom is -0.477 e. The molecule has 7 nitrogen and oxygen atoms in total. The summed E-state index contributed by atoms with van der Waals surface area (Å²) in [5.74, 6) is -1.69. The van der Waals surface area contributed by atoms with Crippen LogP contribution in [0.25, 0.3) is 0 Å². The quantitative estimate of drug-likeness (QED) is 0.734. The first-order chi connectivity index (χ1) is 9.79. The van der Waals surface area contributed by atoms with Gasteiger partial charge in [0.2, 0.25) is 15.9 Å². The van der Waals surface area contributed by atoms with E-state index in [-0.39, 0.29) is 27.6 Å². The second kappa shape index (κ2) is 6.12. The predicted octanol–water partition coefficient (Wildman–Crippen LogP) is 0.769. The fourth-order valence-electron chi connectivity index (χ4n) is 2.36. The van der Waals surface area contributed by atoms with Crippen molar-refractivity contribution in [3.63, 3.8) is 0 Å². The molecule has 1 amide bonds. The molecule has 1 aliphatic carbocycles. The number of carboxylic acid groups (broad SMARTS) is 1. The molecule has 21 heavy (non-hydrogen) atoms. The third-order valence-electron chi connectivity index (χ3n) is 3.55. The second-order valence-electron chi connectivity index (χ2n) is 5.02. The number of aromatic carboxylic acids is 1. The Labute approximate surface area is 126 Å². The van der Waals surface area contributed by atoms with Crippen molar-refractivity contribution in [3.8, 4) is 0 Å². The molecule has 1 fully saturated rings. The molecule has 1 saturated carbocycles. The van der Waals surface area contributed by atoms with Crippen molar-refractivity contribution in [1.29, 1.82) is 0 Å². The number of nitrogens with two attached hydrogens (primary N) is 1. The van der Waals surface area contributed by atoms with Crippen LogP contribution in [0.5, 0.6) is 0 Å². The third-order valence-corrected chi connectivity index (χ3v) is 6.12. The zero-order valence-electron chi connectivity index (χ0n) is 11.1. The average molecular weight is 332 g/mol. The lowest BCUT2D eigenvalue weighted by Crippen LogP contribution is -2.39. The minimum absolute atomic E-state index is 0.0205. The molecule has 0 aliphatic heterocycles. The number of sulfonamides is 1. The molecule has 0 spiro atoms. The fourth-order valence-corrected chi connectivity index (χ4v) is 4.77. The molecule has 1 aromatic heterocycles. The van der Waals surface area contributed by atoms with Gasteiger partial charge >= 0.3 is 5.97 Å².